The molecule has 2 nitrogen and oxygen atoms in total. The smallest absolute Gasteiger partial charge is 0.193 e. The van der Waals surface area contributed by atoms with Crippen molar-refractivity contribution < 1.29 is 8.84 Å². The fourth-order valence-electron chi connectivity index (χ4n) is 1.85. The molecule has 0 radical (unpaired) electrons. The summed E-state index contributed by atoms with van der Waals surface area (Å²) in [6.07, 6.45) is 6.65. The normalized spacial score (nSPS) is 14.6. The Hall–Kier alpha value is -0.543. The van der Waals surface area contributed by atoms with Crippen molar-refractivity contribution >= 4 is 8.32 Å². The molecular weight excluding hydrogens is 252 g/mol. The largest absolute Gasteiger partial charge is 0.467 e. The summed E-state index contributed by atoms with van der Waals surface area (Å²) in [7, 11) is -1.74. The Kier molecular flexibility index (Phi) is 5.87. The summed E-state index contributed by atoms with van der Waals surface area (Å²) in [5.74, 6) is 0.987. The number of unbranched alkanes of at least 4 members (excludes halogenated alkanes) is 2. The van der Waals surface area contributed by atoms with Crippen LogP contribution in [0.3, 0.4) is 0 Å². The summed E-state index contributed by atoms with van der Waals surface area (Å²) >= 11 is 0. The van der Waals surface area contributed by atoms with Crippen molar-refractivity contribution in [3.63, 3.8) is 0 Å². The summed E-state index contributed by atoms with van der Waals surface area (Å²) in [5.41, 5.74) is 0. The van der Waals surface area contributed by atoms with Crippen LogP contribution in [0.5, 0.6) is 0 Å². The van der Waals surface area contributed by atoms with Crippen LogP contribution in [0.1, 0.15) is 65.2 Å². The van der Waals surface area contributed by atoms with Crippen molar-refractivity contribution in [2.24, 2.45) is 0 Å². The standard InChI is InChI=1S/C16H30O2Si/c1-7-8-9-11-15(14-12-10-13-17-14)18-19(5,6)16(2,3)4/h10,12-13,15H,7-9,11H2,1-6H3/t15-/m1/s1. The maximum absolute atomic E-state index is 6.54. The third-order valence-electron chi connectivity index (χ3n) is 4.17. The van der Waals surface area contributed by atoms with E-state index in [1.807, 2.05) is 12.1 Å². The molecule has 1 atom stereocenters. The molecule has 0 N–H and O–H groups in total. The van der Waals surface area contributed by atoms with Gasteiger partial charge in [-0.1, -0.05) is 47.0 Å². The molecule has 0 saturated carbocycles. The van der Waals surface area contributed by atoms with Crippen LogP contribution in [0, 0.1) is 0 Å². The highest BCUT2D eigenvalue weighted by Crippen LogP contribution is 2.40. The predicted molar refractivity (Wildman–Crippen MR) is 83.9 cm³/mol. The lowest BCUT2D eigenvalue weighted by atomic mass is 10.1. The third-order valence-corrected chi connectivity index (χ3v) is 8.66. The minimum Gasteiger partial charge on any atom is -0.467 e. The topological polar surface area (TPSA) is 22.4 Å². The molecule has 0 aliphatic rings. The molecule has 0 unspecified atom stereocenters. The van der Waals surface area contributed by atoms with Crippen LogP contribution in [0.15, 0.2) is 22.8 Å². The van der Waals surface area contributed by atoms with E-state index in [4.69, 9.17) is 8.84 Å². The summed E-state index contributed by atoms with van der Waals surface area (Å²) in [6, 6.07) is 4.00. The summed E-state index contributed by atoms with van der Waals surface area (Å²) in [5, 5.41) is 0.239. The van der Waals surface area contributed by atoms with Gasteiger partial charge in [-0.3, -0.25) is 0 Å². The van der Waals surface area contributed by atoms with E-state index in [2.05, 4.69) is 40.8 Å². The van der Waals surface area contributed by atoms with Crippen LogP contribution in [-0.2, 0) is 4.43 Å². The minimum absolute atomic E-state index is 0.127. The lowest BCUT2D eigenvalue weighted by molar-refractivity contribution is 0.144. The average Bonchev–Trinajstić information content (AvgIpc) is 2.79. The van der Waals surface area contributed by atoms with Gasteiger partial charge in [0.15, 0.2) is 8.32 Å². The van der Waals surface area contributed by atoms with Crippen molar-refractivity contribution in [3.05, 3.63) is 24.2 Å². The highest BCUT2D eigenvalue weighted by molar-refractivity contribution is 6.74. The molecule has 0 aliphatic heterocycles. The molecule has 0 amide bonds. The van der Waals surface area contributed by atoms with E-state index >= 15 is 0 Å². The van der Waals surface area contributed by atoms with E-state index in [1.54, 1.807) is 6.26 Å². The van der Waals surface area contributed by atoms with E-state index in [1.165, 1.54) is 19.3 Å². The first-order chi connectivity index (χ1) is 8.78. The number of furan rings is 1. The van der Waals surface area contributed by atoms with Gasteiger partial charge in [-0.25, -0.2) is 0 Å². The maximum atomic E-state index is 6.54. The van der Waals surface area contributed by atoms with Gasteiger partial charge in [0, 0.05) is 0 Å². The monoisotopic (exact) mass is 282 g/mol. The summed E-state index contributed by atoms with van der Waals surface area (Å²) in [4.78, 5) is 0. The second-order valence-corrected chi connectivity index (χ2v) is 11.6. The molecule has 0 fully saturated rings. The van der Waals surface area contributed by atoms with Crippen molar-refractivity contribution in [1.82, 2.24) is 0 Å². The van der Waals surface area contributed by atoms with Crippen LogP contribution in [0.25, 0.3) is 0 Å². The molecule has 19 heavy (non-hydrogen) atoms. The minimum atomic E-state index is -1.74. The Balaban J connectivity index is 2.75. The van der Waals surface area contributed by atoms with Crippen molar-refractivity contribution in [2.45, 2.75) is 77.6 Å². The van der Waals surface area contributed by atoms with Crippen LogP contribution >= 0.6 is 0 Å². The van der Waals surface area contributed by atoms with Crippen LogP contribution in [-0.4, -0.2) is 8.32 Å². The maximum Gasteiger partial charge on any atom is 0.193 e. The lowest BCUT2D eigenvalue weighted by Gasteiger charge is -2.38. The summed E-state index contributed by atoms with van der Waals surface area (Å²) in [6.45, 7) is 13.7. The lowest BCUT2D eigenvalue weighted by Crippen LogP contribution is -2.41. The molecule has 3 heteroatoms. The molecule has 0 aromatic carbocycles. The van der Waals surface area contributed by atoms with Gasteiger partial charge < -0.3 is 8.84 Å². The fraction of sp³-hybridized carbons (Fsp3) is 0.750. The molecule has 0 bridgehead atoms. The first kappa shape index (κ1) is 16.5. The van der Waals surface area contributed by atoms with Gasteiger partial charge in [-0.05, 0) is 36.7 Å². The molecular formula is C16H30O2Si. The van der Waals surface area contributed by atoms with Gasteiger partial charge in [0.1, 0.15) is 11.9 Å². The molecule has 1 rings (SSSR count). The van der Waals surface area contributed by atoms with E-state index < -0.39 is 8.32 Å². The van der Waals surface area contributed by atoms with Crippen molar-refractivity contribution in [1.29, 1.82) is 0 Å². The van der Waals surface area contributed by atoms with Gasteiger partial charge in [-0.15, -0.1) is 0 Å². The Bertz CT molecular complexity index is 349. The van der Waals surface area contributed by atoms with E-state index in [9.17, 15) is 0 Å². The van der Waals surface area contributed by atoms with E-state index in [-0.39, 0.29) is 11.1 Å². The van der Waals surface area contributed by atoms with Crippen LogP contribution < -0.4 is 0 Å². The first-order valence-corrected chi connectivity index (χ1v) is 10.4. The Morgan fingerprint density at radius 2 is 1.95 bits per heavy atom. The van der Waals surface area contributed by atoms with Gasteiger partial charge in [0.2, 0.25) is 0 Å². The zero-order valence-corrected chi connectivity index (χ0v) is 14.5. The zero-order chi connectivity index (χ0) is 14.5. The first-order valence-electron chi connectivity index (χ1n) is 7.49. The van der Waals surface area contributed by atoms with Gasteiger partial charge >= 0.3 is 0 Å². The van der Waals surface area contributed by atoms with Crippen molar-refractivity contribution in [3.8, 4) is 0 Å². The average molecular weight is 282 g/mol. The van der Waals surface area contributed by atoms with Crippen LogP contribution in [0.4, 0.5) is 0 Å². The predicted octanol–water partition coefficient (Wildman–Crippen LogP) is 5.92. The Morgan fingerprint density at radius 1 is 1.26 bits per heavy atom. The molecule has 1 heterocycles. The van der Waals surface area contributed by atoms with Gasteiger partial charge in [-0.2, -0.15) is 0 Å². The second kappa shape index (κ2) is 6.75. The van der Waals surface area contributed by atoms with E-state index in [0.717, 1.165) is 12.2 Å². The third kappa shape index (κ3) is 4.81. The van der Waals surface area contributed by atoms with E-state index in [0.29, 0.717) is 0 Å². The summed E-state index contributed by atoms with van der Waals surface area (Å²) < 4.78 is 12.1. The molecule has 1 aromatic heterocycles. The molecule has 1 aromatic rings. The highest BCUT2D eigenvalue weighted by atomic mass is 28.4. The van der Waals surface area contributed by atoms with Gasteiger partial charge in [0.25, 0.3) is 0 Å². The Morgan fingerprint density at radius 3 is 2.42 bits per heavy atom. The fourth-order valence-corrected chi connectivity index (χ4v) is 3.14. The quantitative estimate of drug-likeness (QED) is 0.457. The SMILES string of the molecule is CCCCC[C@@H](O[Si](C)(C)C(C)(C)C)c1ccco1. The zero-order valence-electron chi connectivity index (χ0n) is 13.5. The second-order valence-electron chi connectivity index (χ2n) is 6.88. The molecule has 0 saturated heterocycles. The number of hydrogen-bond acceptors (Lipinski definition) is 2. The Labute approximate surface area is 119 Å². The van der Waals surface area contributed by atoms with Crippen LogP contribution in [0.2, 0.25) is 18.1 Å². The van der Waals surface area contributed by atoms with Gasteiger partial charge in [0.05, 0.1) is 6.26 Å². The highest BCUT2D eigenvalue weighted by Gasteiger charge is 2.39. The molecule has 110 valence electrons. The molecule has 0 spiro atoms. The molecule has 0 aliphatic carbocycles. The number of rotatable bonds is 7. The number of hydrogen-bond donors (Lipinski definition) is 0. The van der Waals surface area contributed by atoms with Crippen molar-refractivity contribution in [2.75, 3.05) is 0 Å².